The van der Waals surface area contributed by atoms with Crippen LogP contribution in [0.4, 0.5) is 0 Å². The maximum Gasteiger partial charge on any atom is 0.0657 e. The van der Waals surface area contributed by atoms with E-state index in [-0.39, 0.29) is 11.6 Å². The van der Waals surface area contributed by atoms with Crippen LogP contribution in [0.1, 0.15) is 56.9 Å². The van der Waals surface area contributed by atoms with E-state index in [9.17, 15) is 5.11 Å². The highest BCUT2D eigenvalue weighted by atomic mass is 16.3. The summed E-state index contributed by atoms with van der Waals surface area (Å²) in [5.74, 6) is 0.613. The van der Waals surface area contributed by atoms with Crippen LogP contribution < -0.4 is 5.32 Å². The molecule has 0 bridgehead atoms. The van der Waals surface area contributed by atoms with Gasteiger partial charge in [0.25, 0.3) is 0 Å². The lowest BCUT2D eigenvalue weighted by atomic mass is 9.69. The fraction of sp³-hybridized carbons (Fsp3) is 0.667. The Kier molecular flexibility index (Phi) is 4.42. The fourth-order valence-electron chi connectivity index (χ4n) is 4.16. The van der Waals surface area contributed by atoms with E-state index in [0.29, 0.717) is 5.92 Å². The maximum atomic E-state index is 10.2. The third kappa shape index (κ3) is 2.77. The van der Waals surface area contributed by atoms with Gasteiger partial charge in [-0.3, -0.25) is 0 Å². The molecule has 2 nitrogen and oxygen atoms in total. The van der Waals surface area contributed by atoms with Crippen molar-refractivity contribution in [2.45, 2.75) is 63.0 Å². The van der Waals surface area contributed by atoms with Crippen molar-refractivity contribution in [2.75, 3.05) is 6.54 Å². The van der Waals surface area contributed by atoms with Crippen molar-refractivity contribution >= 4 is 0 Å². The van der Waals surface area contributed by atoms with Crippen molar-refractivity contribution in [3.8, 4) is 0 Å². The van der Waals surface area contributed by atoms with E-state index in [1.165, 1.54) is 44.1 Å². The van der Waals surface area contributed by atoms with Crippen LogP contribution in [0.5, 0.6) is 0 Å². The first-order chi connectivity index (χ1) is 9.81. The second kappa shape index (κ2) is 6.28. The Labute approximate surface area is 122 Å². The zero-order valence-electron chi connectivity index (χ0n) is 12.3. The van der Waals surface area contributed by atoms with Gasteiger partial charge in [0.05, 0.1) is 11.6 Å². The van der Waals surface area contributed by atoms with Crippen LogP contribution in [-0.4, -0.2) is 17.8 Å². The van der Waals surface area contributed by atoms with E-state index >= 15 is 0 Å². The Morgan fingerprint density at radius 2 is 1.65 bits per heavy atom. The molecule has 2 heteroatoms. The van der Waals surface area contributed by atoms with Crippen molar-refractivity contribution in [3.63, 3.8) is 0 Å². The zero-order valence-corrected chi connectivity index (χ0v) is 12.3. The van der Waals surface area contributed by atoms with Gasteiger partial charge in [-0.05, 0) is 37.2 Å². The number of aliphatic hydroxyl groups is 1. The molecule has 1 aromatic carbocycles. The molecule has 3 rings (SSSR count). The highest BCUT2D eigenvalue weighted by Crippen LogP contribution is 2.44. The van der Waals surface area contributed by atoms with Crippen LogP contribution in [-0.2, 0) is 5.54 Å². The summed E-state index contributed by atoms with van der Waals surface area (Å²) in [6.45, 7) is 0.812. The molecular formula is C18H26NO. The van der Waals surface area contributed by atoms with Gasteiger partial charge in [-0.2, -0.15) is 0 Å². The minimum Gasteiger partial charge on any atom is -0.393 e. The van der Waals surface area contributed by atoms with Crippen LogP contribution in [0.15, 0.2) is 30.3 Å². The summed E-state index contributed by atoms with van der Waals surface area (Å²) in [7, 11) is 0. The van der Waals surface area contributed by atoms with Gasteiger partial charge < -0.3 is 5.11 Å². The molecule has 0 aromatic heterocycles. The molecule has 1 N–H and O–H groups in total. The monoisotopic (exact) mass is 272 g/mol. The summed E-state index contributed by atoms with van der Waals surface area (Å²) in [6.07, 6.45) is 9.39. The van der Waals surface area contributed by atoms with Gasteiger partial charge in [0.15, 0.2) is 0 Å². The van der Waals surface area contributed by atoms with E-state index in [1.54, 1.807) is 0 Å². The first-order valence-corrected chi connectivity index (χ1v) is 8.23. The van der Waals surface area contributed by atoms with Gasteiger partial charge in [0.2, 0.25) is 0 Å². The largest absolute Gasteiger partial charge is 0.393 e. The average Bonchev–Trinajstić information content (AvgIpc) is 2.77. The quantitative estimate of drug-likeness (QED) is 0.820. The lowest BCUT2D eigenvalue weighted by Gasteiger charge is -2.45. The Hall–Kier alpha value is -0.860. The van der Waals surface area contributed by atoms with Crippen molar-refractivity contribution < 1.29 is 5.11 Å². The van der Waals surface area contributed by atoms with Crippen LogP contribution in [0.2, 0.25) is 0 Å². The Balaban J connectivity index is 1.94. The summed E-state index contributed by atoms with van der Waals surface area (Å²) in [5, 5.41) is 15.3. The molecule has 0 amide bonds. The molecule has 2 atom stereocenters. The van der Waals surface area contributed by atoms with Crippen LogP contribution in [0, 0.1) is 5.92 Å². The number of benzene rings is 1. The van der Waals surface area contributed by atoms with Crippen molar-refractivity contribution in [1.82, 2.24) is 5.32 Å². The van der Waals surface area contributed by atoms with E-state index in [2.05, 4.69) is 30.3 Å². The first-order valence-electron chi connectivity index (χ1n) is 8.23. The molecule has 2 fully saturated rings. The minimum absolute atomic E-state index is 0.122. The smallest absolute Gasteiger partial charge is 0.0657 e. The zero-order chi connectivity index (χ0) is 13.8. The molecular weight excluding hydrogens is 246 g/mol. The number of hydrogen-bond acceptors (Lipinski definition) is 1. The summed E-state index contributed by atoms with van der Waals surface area (Å²) < 4.78 is 0. The number of aliphatic hydroxyl groups excluding tert-OH is 1. The Morgan fingerprint density at radius 3 is 2.30 bits per heavy atom. The molecule has 2 unspecified atom stereocenters. The highest BCUT2D eigenvalue weighted by Gasteiger charge is 2.44. The van der Waals surface area contributed by atoms with E-state index in [1.807, 2.05) is 0 Å². The number of hydrogen-bond donors (Lipinski definition) is 1. The fourth-order valence-corrected chi connectivity index (χ4v) is 4.16. The number of piperidine rings is 1. The van der Waals surface area contributed by atoms with Crippen LogP contribution in [0.3, 0.4) is 0 Å². The predicted octanol–water partition coefficient (Wildman–Crippen LogP) is 3.61. The third-order valence-corrected chi connectivity index (χ3v) is 5.21. The molecule has 1 radical (unpaired) electrons. The van der Waals surface area contributed by atoms with Gasteiger partial charge in [-0.1, -0.05) is 56.0 Å². The van der Waals surface area contributed by atoms with Crippen molar-refractivity contribution in [3.05, 3.63) is 35.9 Å². The van der Waals surface area contributed by atoms with E-state index in [4.69, 9.17) is 5.32 Å². The molecule has 1 aliphatic carbocycles. The average molecular weight is 272 g/mol. The van der Waals surface area contributed by atoms with Gasteiger partial charge >= 0.3 is 0 Å². The van der Waals surface area contributed by atoms with Crippen molar-refractivity contribution in [1.29, 1.82) is 0 Å². The van der Waals surface area contributed by atoms with Gasteiger partial charge in [-0.15, -0.1) is 0 Å². The second-order valence-electron chi connectivity index (χ2n) is 6.51. The standard InChI is InChI=1S/C18H26NO/c20-17-12-13-19-18(14-17,16-10-6-3-7-11-16)15-8-4-1-2-5-9-15/h3,6-7,10-11,15,17,20H,1-2,4-5,8-9,12-14H2. The summed E-state index contributed by atoms with van der Waals surface area (Å²) in [6, 6.07) is 10.7. The lowest BCUT2D eigenvalue weighted by Crippen LogP contribution is -2.50. The van der Waals surface area contributed by atoms with Crippen LogP contribution >= 0.6 is 0 Å². The molecule has 109 valence electrons. The summed E-state index contributed by atoms with van der Waals surface area (Å²) in [5.41, 5.74) is 1.20. The highest BCUT2D eigenvalue weighted by molar-refractivity contribution is 5.27. The maximum absolute atomic E-state index is 10.2. The van der Waals surface area contributed by atoms with E-state index in [0.717, 1.165) is 19.4 Å². The normalized spacial score (nSPS) is 32.8. The molecule has 1 saturated carbocycles. The first kappa shape index (κ1) is 14.1. The number of rotatable bonds is 2. The van der Waals surface area contributed by atoms with E-state index < -0.39 is 0 Å². The number of nitrogens with zero attached hydrogens (tertiary/aromatic N) is 1. The summed E-state index contributed by atoms with van der Waals surface area (Å²) >= 11 is 0. The Morgan fingerprint density at radius 1 is 0.950 bits per heavy atom. The minimum atomic E-state index is -0.184. The molecule has 1 aliphatic heterocycles. The Bertz CT molecular complexity index is 411. The molecule has 20 heavy (non-hydrogen) atoms. The second-order valence-corrected chi connectivity index (χ2v) is 6.51. The molecule has 0 spiro atoms. The third-order valence-electron chi connectivity index (χ3n) is 5.21. The molecule has 1 aromatic rings. The topological polar surface area (TPSA) is 34.3 Å². The van der Waals surface area contributed by atoms with Gasteiger partial charge in [0, 0.05) is 6.54 Å². The SMILES string of the molecule is OC1CC[N]C(c2ccccc2)(C2CCCCCC2)C1. The predicted molar refractivity (Wildman–Crippen MR) is 81.6 cm³/mol. The van der Waals surface area contributed by atoms with Gasteiger partial charge in [0.1, 0.15) is 0 Å². The van der Waals surface area contributed by atoms with Crippen LogP contribution in [0.25, 0.3) is 0 Å². The molecule has 2 aliphatic rings. The van der Waals surface area contributed by atoms with Gasteiger partial charge in [-0.25, -0.2) is 5.32 Å². The van der Waals surface area contributed by atoms with Crippen molar-refractivity contribution in [2.24, 2.45) is 5.92 Å². The summed E-state index contributed by atoms with van der Waals surface area (Å²) in [4.78, 5) is 0. The molecule has 1 saturated heterocycles. The lowest BCUT2D eigenvalue weighted by molar-refractivity contribution is 0.0366. The molecule has 1 heterocycles.